The molecule has 1 amide bonds. The van der Waals surface area contributed by atoms with Crippen molar-refractivity contribution >= 4 is 46.4 Å². The normalized spacial score (nSPS) is 10.4. The van der Waals surface area contributed by atoms with Gasteiger partial charge in [-0.1, -0.05) is 40.9 Å². The van der Waals surface area contributed by atoms with Crippen LogP contribution in [0.15, 0.2) is 30.3 Å². The van der Waals surface area contributed by atoms with Crippen molar-refractivity contribution in [2.24, 2.45) is 0 Å². The highest BCUT2D eigenvalue weighted by atomic mass is 35.5. The molecule has 0 radical (unpaired) electrons. The van der Waals surface area contributed by atoms with E-state index in [4.69, 9.17) is 34.8 Å². The SMILES string of the molecule is Cc1ccc(NC(=O)c2cc(F)c(Cl)cc2Cl)cc1Cl. The van der Waals surface area contributed by atoms with Gasteiger partial charge in [0.25, 0.3) is 5.91 Å². The van der Waals surface area contributed by atoms with Crippen molar-refractivity contribution in [3.8, 4) is 0 Å². The Balaban J connectivity index is 2.28. The molecule has 0 atom stereocenters. The fraction of sp³-hybridized carbons (Fsp3) is 0.0714. The quantitative estimate of drug-likeness (QED) is 0.738. The largest absolute Gasteiger partial charge is 0.322 e. The Morgan fingerprint density at radius 3 is 2.40 bits per heavy atom. The minimum atomic E-state index is -0.705. The number of benzene rings is 2. The molecule has 2 nitrogen and oxygen atoms in total. The van der Waals surface area contributed by atoms with Gasteiger partial charge in [0.2, 0.25) is 0 Å². The van der Waals surface area contributed by atoms with Crippen molar-refractivity contribution in [3.05, 3.63) is 62.3 Å². The molecular formula is C14H9Cl3FNO. The van der Waals surface area contributed by atoms with Gasteiger partial charge in [0.15, 0.2) is 0 Å². The molecule has 0 bridgehead atoms. The lowest BCUT2D eigenvalue weighted by Gasteiger charge is -2.09. The molecule has 0 heterocycles. The lowest BCUT2D eigenvalue weighted by Crippen LogP contribution is -2.13. The maximum absolute atomic E-state index is 13.4. The fourth-order valence-corrected chi connectivity index (χ4v) is 2.22. The molecule has 2 rings (SSSR count). The van der Waals surface area contributed by atoms with Crippen LogP contribution in [0.5, 0.6) is 0 Å². The molecule has 0 aliphatic rings. The van der Waals surface area contributed by atoms with Crippen molar-refractivity contribution < 1.29 is 9.18 Å². The summed E-state index contributed by atoms with van der Waals surface area (Å²) in [4.78, 5) is 12.0. The summed E-state index contributed by atoms with van der Waals surface area (Å²) in [5.74, 6) is -1.24. The van der Waals surface area contributed by atoms with E-state index in [2.05, 4.69) is 5.32 Å². The van der Waals surface area contributed by atoms with Crippen molar-refractivity contribution in [2.75, 3.05) is 5.32 Å². The van der Waals surface area contributed by atoms with E-state index in [0.717, 1.165) is 11.6 Å². The lowest BCUT2D eigenvalue weighted by atomic mass is 10.2. The molecule has 0 saturated heterocycles. The molecule has 0 fully saturated rings. The van der Waals surface area contributed by atoms with Crippen LogP contribution in [-0.4, -0.2) is 5.91 Å². The van der Waals surface area contributed by atoms with E-state index in [9.17, 15) is 9.18 Å². The van der Waals surface area contributed by atoms with Gasteiger partial charge in [0.05, 0.1) is 15.6 Å². The van der Waals surface area contributed by atoms with E-state index < -0.39 is 11.7 Å². The van der Waals surface area contributed by atoms with Gasteiger partial charge in [-0.2, -0.15) is 0 Å². The van der Waals surface area contributed by atoms with Crippen molar-refractivity contribution in [2.45, 2.75) is 6.92 Å². The summed E-state index contributed by atoms with van der Waals surface area (Å²) in [7, 11) is 0. The van der Waals surface area contributed by atoms with E-state index in [1.807, 2.05) is 6.92 Å². The highest BCUT2D eigenvalue weighted by molar-refractivity contribution is 6.37. The number of hydrogen-bond donors (Lipinski definition) is 1. The number of anilines is 1. The second-order valence-electron chi connectivity index (χ2n) is 4.16. The van der Waals surface area contributed by atoms with Gasteiger partial charge in [0, 0.05) is 10.7 Å². The molecule has 1 N–H and O–H groups in total. The van der Waals surface area contributed by atoms with E-state index in [0.29, 0.717) is 10.7 Å². The summed E-state index contributed by atoms with van der Waals surface area (Å²) < 4.78 is 13.4. The molecule has 2 aromatic carbocycles. The van der Waals surface area contributed by atoms with Gasteiger partial charge in [-0.25, -0.2) is 4.39 Å². The molecule has 0 aliphatic heterocycles. The zero-order valence-corrected chi connectivity index (χ0v) is 12.6. The number of carbonyl (C=O) groups is 1. The number of halogens is 4. The monoisotopic (exact) mass is 331 g/mol. The Kier molecular flexibility index (Phi) is 4.53. The molecule has 20 heavy (non-hydrogen) atoms. The second kappa shape index (κ2) is 6.00. The van der Waals surface area contributed by atoms with Crippen molar-refractivity contribution in [3.63, 3.8) is 0 Å². The predicted octanol–water partition coefficient (Wildman–Crippen LogP) is 5.35. The van der Waals surface area contributed by atoms with Gasteiger partial charge >= 0.3 is 0 Å². The van der Waals surface area contributed by atoms with E-state index in [1.54, 1.807) is 18.2 Å². The number of hydrogen-bond acceptors (Lipinski definition) is 1. The molecule has 0 aliphatic carbocycles. The third-order valence-electron chi connectivity index (χ3n) is 2.68. The first-order valence-corrected chi connectivity index (χ1v) is 6.74. The van der Waals surface area contributed by atoms with Crippen molar-refractivity contribution in [1.29, 1.82) is 0 Å². The van der Waals surface area contributed by atoms with Crippen LogP contribution in [0.3, 0.4) is 0 Å². The lowest BCUT2D eigenvalue weighted by molar-refractivity contribution is 0.102. The third kappa shape index (κ3) is 3.23. The summed E-state index contributed by atoms with van der Waals surface area (Å²) in [6.07, 6.45) is 0. The van der Waals surface area contributed by atoms with Gasteiger partial charge in [-0.3, -0.25) is 4.79 Å². The molecule has 2 aromatic rings. The molecule has 104 valence electrons. The Hall–Kier alpha value is -1.29. The number of amides is 1. The standard InChI is InChI=1S/C14H9Cl3FNO/c1-7-2-3-8(4-10(7)15)19-14(20)9-5-13(18)12(17)6-11(9)16/h2-6H,1H3,(H,19,20). The topological polar surface area (TPSA) is 29.1 Å². The number of nitrogens with one attached hydrogen (secondary N) is 1. The Labute approximate surface area is 130 Å². The first-order valence-electron chi connectivity index (χ1n) is 5.60. The maximum atomic E-state index is 13.4. The van der Waals surface area contributed by atoms with Gasteiger partial charge in [0.1, 0.15) is 5.82 Å². The molecule has 0 aromatic heterocycles. The van der Waals surface area contributed by atoms with Crippen LogP contribution < -0.4 is 5.32 Å². The maximum Gasteiger partial charge on any atom is 0.257 e. The van der Waals surface area contributed by atoms with Crippen LogP contribution in [0.4, 0.5) is 10.1 Å². The Morgan fingerprint density at radius 2 is 1.75 bits per heavy atom. The predicted molar refractivity (Wildman–Crippen MR) is 80.6 cm³/mol. The number of aryl methyl sites for hydroxylation is 1. The Morgan fingerprint density at radius 1 is 1.05 bits per heavy atom. The van der Waals surface area contributed by atoms with Crippen LogP contribution in [-0.2, 0) is 0 Å². The summed E-state index contributed by atoms with van der Waals surface area (Å²) in [5.41, 5.74) is 1.39. The van der Waals surface area contributed by atoms with Gasteiger partial charge in [-0.05, 0) is 36.8 Å². The Bertz CT molecular complexity index is 688. The molecule has 0 saturated carbocycles. The van der Waals surface area contributed by atoms with Crippen LogP contribution in [0.2, 0.25) is 15.1 Å². The highest BCUT2D eigenvalue weighted by Crippen LogP contribution is 2.26. The summed E-state index contributed by atoms with van der Waals surface area (Å²) >= 11 is 17.4. The average molecular weight is 333 g/mol. The number of rotatable bonds is 2. The van der Waals surface area contributed by atoms with E-state index in [1.165, 1.54) is 6.07 Å². The minimum Gasteiger partial charge on any atom is -0.322 e. The number of carbonyl (C=O) groups excluding carboxylic acids is 1. The average Bonchev–Trinajstić information content (AvgIpc) is 2.38. The molecule has 6 heteroatoms. The molecule has 0 spiro atoms. The van der Waals surface area contributed by atoms with Crippen LogP contribution >= 0.6 is 34.8 Å². The van der Waals surface area contributed by atoms with Gasteiger partial charge < -0.3 is 5.32 Å². The molecule has 0 unspecified atom stereocenters. The third-order valence-corrected chi connectivity index (χ3v) is 3.69. The van der Waals surface area contributed by atoms with Crippen LogP contribution in [0.1, 0.15) is 15.9 Å². The fourth-order valence-electron chi connectivity index (χ4n) is 1.57. The smallest absolute Gasteiger partial charge is 0.257 e. The summed E-state index contributed by atoms with van der Waals surface area (Å²) in [6.45, 7) is 1.85. The summed E-state index contributed by atoms with van der Waals surface area (Å²) in [6, 6.07) is 7.25. The van der Waals surface area contributed by atoms with E-state index >= 15 is 0 Å². The highest BCUT2D eigenvalue weighted by Gasteiger charge is 2.14. The van der Waals surface area contributed by atoms with E-state index in [-0.39, 0.29) is 15.6 Å². The zero-order valence-electron chi connectivity index (χ0n) is 10.3. The van der Waals surface area contributed by atoms with Crippen LogP contribution in [0.25, 0.3) is 0 Å². The molecular weight excluding hydrogens is 324 g/mol. The van der Waals surface area contributed by atoms with Crippen molar-refractivity contribution in [1.82, 2.24) is 0 Å². The second-order valence-corrected chi connectivity index (χ2v) is 5.39. The van der Waals surface area contributed by atoms with Gasteiger partial charge in [-0.15, -0.1) is 0 Å². The van der Waals surface area contributed by atoms with Crippen LogP contribution in [0, 0.1) is 12.7 Å². The zero-order chi connectivity index (χ0) is 14.9. The summed E-state index contributed by atoms with van der Waals surface area (Å²) in [5, 5.41) is 3.06. The minimum absolute atomic E-state index is 0.00487. The first kappa shape index (κ1) is 15.1. The first-order chi connectivity index (χ1) is 9.38.